The van der Waals surface area contributed by atoms with E-state index in [0.717, 1.165) is 47.6 Å². The van der Waals surface area contributed by atoms with Gasteiger partial charge in [0.1, 0.15) is 11.6 Å². The maximum atomic E-state index is 12.8. The molecule has 0 radical (unpaired) electrons. The van der Waals surface area contributed by atoms with Crippen LogP contribution in [0.15, 0.2) is 72.8 Å². The van der Waals surface area contributed by atoms with Crippen molar-refractivity contribution in [1.82, 2.24) is 14.9 Å². The van der Waals surface area contributed by atoms with E-state index in [2.05, 4.69) is 54.1 Å². The van der Waals surface area contributed by atoms with E-state index < -0.39 is 0 Å². The minimum absolute atomic E-state index is 0.0935. The number of imidazole rings is 1. The summed E-state index contributed by atoms with van der Waals surface area (Å²) in [5.41, 5.74) is 5.06. The first-order valence-electron chi connectivity index (χ1n) is 12.5. The molecule has 182 valence electrons. The average molecular weight is 470 g/mol. The van der Waals surface area contributed by atoms with Crippen LogP contribution >= 0.6 is 0 Å². The summed E-state index contributed by atoms with van der Waals surface area (Å²) in [5.74, 6) is 2.21. The standard InChI is InChI=1S/C30H35N3O2/c1-5-22(3)24-14-16-26(17-15-24)35-19-9-18-33-28-13-7-6-12-27(28)32-29(33)23(4)31-30(34)25-11-8-10-21(2)20-25/h6-8,10-17,20,22-23H,5,9,18-19H2,1-4H3,(H,31,34). The predicted molar refractivity (Wildman–Crippen MR) is 142 cm³/mol. The molecule has 0 aliphatic heterocycles. The fraction of sp³-hybridized carbons (Fsp3) is 0.333. The van der Waals surface area contributed by atoms with Crippen molar-refractivity contribution in [3.8, 4) is 5.75 Å². The molecule has 1 amide bonds. The van der Waals surface area contributed by atoms with Gasteiger partial charge in [-0.05, 0) is 74.6 Å². The molecule has 0 fully saturated rings. The third-order valence-corrected chi connectivity index (χ3v) is 6.56. The highest BCUT2D eigenvalue weighted by molar-refractivity contribution is 5.94. The van der Waals surface area contributed by atoms with Gasteiger partial charge in [0.15, 0.2) is 0 Å². The predicted octanol–water partition coefficient (Wildman–Crippen LogP) is 6.82. The third-order valence-electron chi connectivity index (χ3n) is 6.56. The number of benzene rings is 3. The number of rotatable bonds is 10. The van der Waals surface area contributed by atoms with E-state index in [9.17, 15) is 4.79 Å². The van der Waals surface area contributed by atoms with E-state index in [1.807, 2.05) is 56.3 Å². The Morgan fingerprint density at radius 2 is 1.80 bits per heavy atom. The molecule has 3 aromatic carbocycles. The number of aryl methyl sites for hydroxylation is 2. The fourth-order valence-corrected chi connectivity index (χ4v) is 4.33. The lowest BCUT2D eigenvalue weighted by Gasteiger charge is -2.17. The Hall–Kier alpha value is -3.60. The molecule has 2 unspecified atom stereocenters. The van der Waals surface area contributed by atoms with E-state index in [-0.39, 0.29) is 11.9 Å². The molecule has 5 heteroatoms. The summed E-state index contributed by atoms with van der Waals surface area (Å²) in [5, 5.41) is 3.12. The first-order valence-corrected chi connectivity index (χ1v) is 12.5. The van der Waals surface area contributed by atoms with Crippen LogP contribution in [0.25, 0.3) is 11.0 Å². The van der Waals surface area contributed by atoms with Crippen molar-refractivity contribution in [3.63, 3.8) is 0 Å². The Bertz CT molecular complexity index is 1280. The fourth-order valence-electron chi connectivity index (χ4n) is 4.33. The molecule has 1 N–H and O–H groups in total. The number of nitrogens with zero attached hydrogens (tertiary/aromatic N) is 2. The summed E-state index contributed by atoms with van der Waals surface area (Å²) in [6, 6.07) is 23.9. The first-order chi connectivity index (χ1) is 17.0. The zero-order valence-corrected chi connectivity index (χ0v) is 21.1. The molecule has 0 bridgehead atoms. The number of hydrogen-bond acceptors (Lipinski definition) is 3. The Morgan fingerprint density at radius 3 is 2.54 bits per heavy atom. The van der Waals surface area contributed by atoms with Crippen molar-refractivity contribution in [1.29, 1.82) is 0 Å². The molecule has 35 heavy (non-hydrogen) atoms. The summed E-state index contributed by atoms with van der Waals surface area (Å²) in [6.07, 6.45) is 1.96. The van der Waals surface area contributed by atoms with Crippen molar-refractivity contribution in [2.24, 2.45) is 0 Å². The molecule has 0 saturated carbocycles. The third kappa shape index (κ3) is 5.91. The van der Waals surface area contributed by atoms with Gasteiger partial charge in [-0.3, -0.25) is 4.79 Å². The minimum atomic E-state index is -0.232. The van der Waals surface area contributed by atoms with Gasteiger partial charge in [-0.15, -0.1) is 0 Å². The number of amides is 1. The number of nitrogens with one attached hydrogen (secondary N) is 1. The second-order valence-electron chi connectivity index (χ2n) is 9.26. The number of hydrogen-bond donors (Lipinski definition) is 1. The van der Waals surface area contributed by atoms with Crippen LogP contribution in [0.5, 0.6) is 5.75 Å². The van der Waals surface area contributed by atoms with Crippen LogP contribution in [-0.2, 0) is 6.54 Å². The molecule has 4 rings (SSSR count). The highest BCUT2D eigenvalue weighted by atomic mass is 16.5. The van der Waals surface area contributed by atoms with Crippen LogP contribution in [0.2, 0.25) is 0 Å². The van der Waals surface area contributed by atoms with E-state index in [4.69, 9.17) is 9.72 Å². The molecule has 0 spiro atoms. The highest BCUT2D eigenvalue weighted by Crippen LogP contribution is 2.23. The van der Waals surface area contributed by atoms with Gasteiger partial charge in [0, 0.05) is 12.1 Å². The molecular weight excluding hydrogens is 434 g/mol. The summed E-state index contributed by atoms with van der Waals surface area (Å²) < 4.78 is 8.22. The summed E-state index contributed by atoms with van der Waals surface area (Å²) >= 11 is 0. The summed E-state index contributed by atoms with van der Waals surface area (Å²) in [6.45, 7) is 9.79. The van der Waals surface area contributed by atoms with Gasteiger partial charge in [-0.2, -0.15) is 0 Å². The van der Waals surface area contributed by atoms with E-state index in [0.29, 0.717) is 18.1 Å². The number of para-hydroxylation sites is 2. The quantitative estimate of drug-likeness (QED) is 0.259. The Morgan fingerprint density at radius 1 is 1.03 bits per heavy atom. The summed E-state index contributed by atoms with van der Waals surface area (Å²) in [7, 11) is 0. The lowest BCUT2D eigenvalue weighted by molar-refractivity contribution is 0.0937. The van der Waals surface area contributed by atoms with Gasteiger partial charge >= 0.3 is 0 Å². The minimum Gasteiger partial charge on any atom is -0.494 e. The van der Waals surface area contributed by atoms with Gasteiger partial charge < -0.3 is 14.6 Å². The number of fused-ring (bicyclic) bond motifs is 1. The molecule has 5 nitrogen and oxygen atoms in total. The Labute approximate surface area is 208 Å². The van der Waals surface area contributed by atoms with Gasteiger partial charge in [-0.1, -0.05) is 55.8 Å². The van der Waals surface area contributed by atoms with Crippen LogP contribution in [0.3, 0.4) is 0 Å². The van der Waals surface area contributed by atoms with Crippen molar-refractivity contribution in [2.45, 2.75) is 59.0 Å². The van der Waals surface area contributed by atoms with Crippen LogP contribution in [-0.4, -0.2) is 22.1 Å². The second-order valence-corrected chi connectivity index (χ2v) is 9.26. The zero-order valence-electron chi connectivity index (χ0n) is 21.1. The number of aromatic nitrogens is 2. The lowest BCUT2D eigenvalue weighted by atomic mass is 9.99. The van der Waals surface area contributed by atoms with Gasteiger partial charge in [0.25, 0.3) is 5.91 Å². The summed E-state index contributed by atoms with van der Waals surface area (Å²) in [4.78, 5) is 17.7. The molecule has 1 heterocycles. The molecule has 0 saturated heterocycles. The van der Waals surface area contributed by atoms with Crippen LogP contribution in [0, 0.1) is 6.92 Å². The van der Waals surface area contributed by atoms with Gasteiger partial charge in [-0.25, -0.2) is 4.98 Å². The molecule has 0 aliphatic rings. The van der Waals surface area contributed by atoms with E-state index in [1.165, 1.54) is 5.56 Å². The van der Waals surface area contributed by atoms with Crippen LogP contribution in [0.4, 0.5) is 0 Å². The molecule has 4 aromatic rings. The monoisotopic (exact) mass is 469 g/mol. The zero-order chi connectivity index (χ0) is 24.8. The van der Waals surface area contributed by atoms with Gasteiger partial charge in [0.05, 0.1) is 23.7 Å². The van der Waals surface area contributed by atoms with Crippen LogP contribution < -0.4 is 10.1 Å². The highest BCUT2D eigenvalue weighted by Gasteiger charge is 2.19. The Kier molecular flexibility index (Phi) is 7.86. The SMILES string of the molecule is CCC(C)c1ccc(OCCCn2c(C(C)NC(=O)c3cccc(C)c3)nc3ccccc32)cc1. The maximum absolute atomic E-state index is 12.8. The normalized spacial score (nSPS) is 12.9. The smallest absolute Gasteiger partial charge is 0.251 e. The largest absolute Gasteiger partial charge is 0.494 e. The number of carbonyl (C=O) groups excluding carboxylic acids is 1. The molecule has 1 aromatic heterocycles. The maximum Gasteiger partial charge on any atom is 0.251 e. The number of carbonyl (C=O) groups is 1. The van der Waals surface area contributed by atoms with Crippen LogP contribution in [0.1, 0.15) is 72.9 Å². The Balaban J connectivity index is 1.43. The van der Waals surface area contributed by atoms with E-state index >= 15 is 0 Å². The molecular formula is C30H35N3O2. The first kappa shape index (κ1) is 24.5. The average Bonchev–Trinajstić information content (AvgIpc) is 3.25. The lowest BCUT2D eigenvalue weighted by Crippen LogP contribution is -2.29. The molecule has 2 atom stereocenters. The van der Waals surface area contributed by atoms with E-state index in [1.54, 1.807) is 0 Å². The van der Waals surface area contributed by atoms with Crippen molar-refractivity contribution >= 4 is 16.9 Å². The van der Waals surface area contributed by atoms with Gasteiger partial charge in [0.2, 0.25) is 0 Å². The van der Waals surface area contributed by atoms with Crippen molar-refractivity contribution < 1.29 is 9.53 Å². The van der Waals surface area contributed by atoms with Crippen molar-refractivity contribution in [3.05, 3.63) is 95.3 Å². The molecule has 0 aliphatic carbocycles. The van der Waals surface area contributed by atoms with Crippen molar-refractivity contribution in [2.75, 3.05) is 6.61 Å². The number of ether oxygens (including phenoxy) is 1. The topological polar surface area (TPSA) is 56.1 Å². The second kappa shape index (κ2) is 11.2.